The molecule has 0 saturated heterocycles. The fourth-order valence-corrected chi connectivity index (χ4v) is 3.87. The molecule has 3 rings (SSSR count). The first-order valence-corrected chi connectivity index (χ1v) is 10.3. The minimum atomic E-state index is -3.79. The van der Waals surface area contributed by atoms with Crippen LogP contribution < -0.4 is 4.74 Å². The largest absolute Gasteiger partial charge is 0.467 e. The standard InChI is InChI=1S/C18H17ClN2O8S/c1-20(2)30(25,26)14-3-4-16(19)15(7-14)18(22)28-9-12-6-13(21(23)24)5-11-8-27-10-29-17(11)12/h3-7H,8-10H2,1-2H3. The van der Waals surface area contributed by atoms with Gasteiger partial charge in [-0.05, 0) is 18.2 Å². The number of non-ortho nitro benzene ring substituents is 1. The summed E-state index contributed by atoms with van der Waals surface area (Å²) in [4.78, 5) is 23.0. The van der Waals surface area contributed by atoms with Gasteiger partial charge in [0.05, 0.1) is 27.0 Å². The van der Waals surface area contributed by atoms with Crippen LogP contribution in [0.15, 0.2) is 35.2 Å². The fraction of sp³-hybridized carbons (Fsp3) is 0.278. The van der Waals surface area contributed by atoms with Gasteiger partial charge in [-0.1, -0.05) is 11.6 Å². The second kappa shape index (κ2) is 8.56. The molecule has 0 aromatic heterocycles. The summed E-state index contributed by atoms with van der Waals surface area (Å²) in [5.41, 5.74) is 0.386. The van der Waals surface area contributed by atoms with Crippen molar-refractivity contribution >= 4 is 33.3 Å². The summed E-state index contributed by atoms with van der Waals surface area (Å²) in [6, 6.07) is 6.24. The van der Waals surface area contributed by atoms with Crippen molar-refractivity contribution in [2.45, 2.75) is 18.1 Å². The smallest absolute Gasteiger partial charge is 0.340 e. The number of rotatable bonds is 6. The zero-order chi connectivity index (χ0) is 22.1. The Labute approximate surface area is 177 Å². The van der Waals surface area contributed by atoms with Gasteiger partial charge in [0, 0.05) is 37.4 Å². The second-order valence-corrected chi connectivity index (χ2v) is 9.03. The second-order valence-electron chi connectivity index (χ2n) is 6.47. The minimum absolute atomic E-state index is 0.00317. The average molecular weight is 457 g/mol. The lowest BCUT2D eigenvalue weighted by atomic mass is 10.1. The zero-order valence-electron chi connectivity index (χ0n) is 16.0. The summed E-state index contributed by atoms with van der Waals surface area (Å²) in [6.45, 7) is -0.264. The number of carbonyl (C=O) groups excluding carboxylic acids is 1. The highest BCUT2D eigenvalue weighted by atomic mass is 35.5. The molecule has 0 unspecified atom stereocenters. The molecule has 160 valence electrons. The molecule has 10 nitrogen and oxygen atoms in total. The molecule has 0 aliphatic carbocycles. The van der Waals surface area contributed by atoms with E-state index in [-0.39, 0.29) is 46.7 Å². The number of esters is 1. The molecule has 30 heavy (non-hydrogen) atoms. The number of hydrogen-bond donors (Lipinski definition) is 0. The lowest BCUT2D eigenvalue weighted by Crippen LogP contribution is -2.22. The summed E-state index contributed by atoms with van der Waals surface area (Å²) in [7, 11) is -1.07. The predicted octanol–water partition coefficient (Wildman–Crippen LogP) is 2.72. The van der Waals surface area contributed by atoms with Gasteiger partial charge in [-0.25, -0.2) is 17.5 Å². The average Bonchev–Trinajstić information content (AvgIpc) is 2.71. The Balaban J connectivity index is 1.88. The number of halogens is 1. The van der Waals surface area contributed by atoms with Gasteiger partial charge >= 0.3 is 5.97 Å². The Morgan fingerprint density at radius 1 is 1.30 bits per heavy atom. The van der Waals surface area contributed by atoms with Crippen molar-refractivity contribution < 1.29 is 32.3 Å². The number of hydrogen-bond acceptors (Lipinski definition) is 8. The molecule has 0 amide bonds. The van der Waals surface area contributed by atoms with Gasteiger partial charge in [0.2, 0.25) is 10.0 Å². The lowest BCUT2D eigenvalue weighted by molar-refractivity contribution is -0.385. The van der Waals surface area contributed by atoms with E-state index in [2.05, 4.69) is 0 Å². The quantitative estimate of drug-likeness (QED) is 0.369. The van der Waals surface area contributed by atoms with Crippen LogP contribution in [0.5, 0.6) is 5.75 Å². The Bertz CT molecular complexity index is 1120. The maximum atomic E-state index is 12.6. The van der Waals surface area contributed by atoms with E-state index in [4.69, 9.17) is 25.8 Å². The SMILES string of the molecule is CN(C)S(=O)(=O)c1ccc(Cl)c(C(=O)OCc2cc([N+](=O)[O-])cc3c2OCOC3)c1. The van der Waals surface area contributed by atoms with Gasteiger partial charge in [-0.2, -0.15) is 0 Å². The molecular formula is C18H17ClN2O8S. The summed E-state index contributed by atoms with van der Waals surface area (Å²) in [5, 5.41) is 11.2. The van der Waals surface area contributed by atoms with Crippen molar-refractivity contribution in [2.75, 3.05) is 20.9 Å². The van der Waals surface area contributed by atoms with E-state index < -0.39 is 20.9 Å². The molecule has 1 heterocycles. The number of benzene rings is 2. The van der Waals surface area contributed by atoms with E-state index in [9.17, 15) is 23.3 Å². The fourth-order valence-electron chi connectivity index (χ4n) is 2.75. The lowest BCUT2D eigenvalue weighted by Gasteiger charge is -2.20. The number of nitrogens with zero attached hydrogens (tertiary/aromatic N) is 2. The number of nitro benzene ring substituents is 1. The molecule has 0 atom stereocenters. The third kappa shape index (κ3) is 4.38. The van der Waals surface area contributed by atoms with Crippen molar-refractivity contribution in [2.24, 2.45) is 0 Å². The van der Waals surface area contributed by atoms with Gasteiger partial charge in [-0.15, -0.1) is 0 Å². The Kier molecular flexibility index (Phi) is 6.27. The predicted molar refractivity (Wildman–Crippen MR) is 105 cm³/mol. The molecule has 0 fully saturated rings. The van der Waals surface area contributed by atoms with Crippen molar-refractivity contribution in [1.29, 1.82) is 0 Å². The van der Waals surface area contributed by atoms with Crippen LogP contribution in [0.1, 0.15) is 21.5 Å². The highest BCUT2D eigenvalue weighted by Crippen LogP contribution is 2.33. The highest BCUT2D eigenvalue weighted by molar-refractivity contribution is 7.89. The summed E-state index contributed by atoms with van der Waals surface area (Å²) < 4.78 is 41.4. The van der Waals surface area contributed by atoms with Crippen LogP contribution in [0, 0.1) is 10.1 Å². The van der Waals surface area contributed by atoms with Crippen LogP contribution in [-0.4, -0.2) is 44.5 Å². The Morgan fingerprint density at radius 3 is 2.70 bits per heavy atom. The number of carbonyl (C=O) groups is 1. The van der Waals surface area contributed by atoms with Crippen LogP contribution in [0.3, 0.4) is 0 Å². The number of sulfonamides is 1. The third-order valence-corrected chi connectivity index (χ3v) is 6.42. The van der Waals surface area contributed by atoms with Crippen molar-refractivity contribution in [3.8, 4) is 5.75 Å². The summed E-state index contributed by atoms with van der Waals surface area (Å²) in [5.74, 6) is -0.544. The van der Waals surface area contributed by atoms with E-state index in [0.717, 1.165) is 10.4 Å². The van der Waals surface area contributed by atoms with Crippen LogP contribution in [-0.2, 0) is 32.7 Å². The van der Waals surface area contributed by atoms with Gasteiger partial charge in [-0.3, -0.25) is 10.1 Å². The topological polar surface area (TPSA) is 125 Å². The highest BCUT2D eigenvalue weighted by Gasteiger charge is 2.24. The number of nitro groups is 1. The molecule has 0 N–H and O–H groups in total. The maximum Gasteiger partial charge on any atom is 0.340 e. The molecule has 12 heteroatoms. The van der Waals surface area contributed by atoms with Crippen molar-refractivity contribution in [3.63, 3.8) is 0 Å². The molecule has 2 aromatic rings. The zero-order valence-corrected chi connectivity index (χ0v) is 17.5. The maximum absolute atomic E-state index is 12.6. The van der Waals surface area contributed by atoms with Gasteiger partial charge < -0.3 is 14.2 Å². The third-order valence-electron chi connectivity index (χ3n) is 4.28. The van der Waals surface area contributed by atoms with E-state index in [0.29, 0.717) is 11.3 Å². The van der Waals surface area contributed by atoms with Gasteiger partial charge in [0.25, 0.3) is 5.69 Å². The van der Waals surface area contributed by atoms with E-state index in [1.165, 1.54) is 38.4 Å². The molecular weight excluding hydrogens is 440 g/mol. The molecule has 1 aliphatic rings. The van der Waals surface area contributed by atoms with Crippen LogP contribution in [0.2, 0.25) is 5.02 Å². The molecule has 1 aliphatic heterocycles. The van der Waals surface area contributed by atoms with E-state index >= 15 is 0 Å². The van der Waals surface area contributed by atoms with Crippen LogP contribution in [0.4, 0.5) is 5.69 Å². The number of fused-ring (bicyclic) bond motifs is 1. The molecule has 0 radical (unpaired) electrons. The normalized spacial score (nSPS) is 13.5. The molecule has 2 aromatic carbocycles. The molecule has 0 saturated carbocycles. The van der Waals surface area contributed by atoms with Crippen molar-refractivity contribution in [3.05, 3.63) is 62.2 Å². The van der Waals surface area contributed by atoms with Crippen molar-refractivity contribution in [1.82, 2.24) is 4.31 Å². The van der Waals surface area contributed by atoms with Gasteiger partial charge in [0.15, 0.2) is 6.79 Å². The van der Waals surface area contributed by atoms with Crippen LogP contribution >= 0.6 is 11.6 Å². The van der Waals surface area contributed by atoms with E-state index in [1.54, 1.807) is 0 Å². The monoisotopic (exact) mass is 456 g/mol. The minimum Gasteiger partial charge on any atom is -0.467 e. The Hall–Kier alpha value is -2.73. The first kappa shape index (κ1) is 22.0. The van der Waals surface area contributed by atoms with Gasteiger partial charge in [0.1, 0.15) is 12.4 Å². The first-order valence-electron chi connectivity index (χ1n) is 8.51. The molecule has 0 spiro atoms. The number of ether oxygens (including phenoxy) is 3. The first-order chi connectivity index (χ1) is 14.1. The van der Waals surface area contributed by atoms with Crippen LogP contribution in [0.25, 0.3) is 0 Å². The van der Waals surface area contributed by atoms with E-state index in [1.807, 2.05) is 0 Å². The molecule has 0 bridgehead atoms. The Morgan fingerprint density at radius 2 is 2.03 bits per heavy atom. The summed E-state index contributed by atoms with van der Waals surface area (Å²) >= 11 is 6.04. The summed E-state index contributed by atoms with van der Waals surface area (Å²) in [6.07, 6.45) is 0.